The fraction of sp³-hybridized carbons (Fsp3) is 0.211. The van der Waals surface area contributed by atoms with Gasteiger partial charge in [0, 0.05) is 23.1 Å². The molecule has 2 amide bonds. The van der Waals surface area contributed by atoms with Gasteiger partial charge in [-0.05, 0) is 46.3 Å². The van der Waals surface area contributed by atoms with Crippen molar-refractivity contribution in [2.24, 2.45) is 5.92 Å². The van der Waals surface area contributed by atoms with Crippen molar-refractivity contribution in [1.29, 1.82) is 0 Å². The highest BCUT2D eigenvalue weighted by Gasteiger charge is 2.35. The van der Waals surface area contributed by atoms with E-state index in [1.54, 1.807) is 11.0 Å². The Morgan fingerprint density at radius 2 is 2.00 bits per heavy atom. The molecule has 1 atom stereocenters. The largest absolute Gasteiger partial charge is 0.465 e. The number of benzene rings is 2. The lowest BCUT2D eigenvalue weighted by Gasteiger charge is -2.18. The fourth-order valence-corrected chi connectivity index (χ4v) is 3.59. The van der Waals surface area contributed by atoms with E-state index in [9.17, 15) is 14.4 Å². The summed E-state index contributed by atoms with van der Waals surface area (Å²) in [5.41, 5.74) is 1.31. The second kappa shape index (κ2) is 8.10. The Labute approximate surface area is 169 Å². The number of nitrogens with one attached hydrogen (secondary N) is 1. The molecule has 27 heavy (non-hydrogen) atoms. The van der Waals surface area contributed by atoms with Crippen LogP contribution in [-0.4, -0.2) is 31.4 Å². The first kappa shape index (κ1) is 19.4. The van der Waals surface area contributed by atoms with Gasteiger partial charge < -0.3 is 15.0 Å². The molecule has 6 nitrogen and oxygen atoms in total. The molecule has 8 heteroatoms. The minimum absolute atomic E-state index is 0.116. The van der Waals surface area contributed by atoms with Crippen molar-refractivity contribution in [1.82, 2.24) is 0 Å². The van der Waals surface area contributed by atoms with Crippen LogP contribution >= 0.6 is 27.5 Å². The van der Waals surface area contributed by atoms with Crippen LogP contribution in [0.3, 0.4) is 0 Å². The quantitative estimate of drug-likeness (QED) is 0.716. The number of nitrogens with zero attached hydrogens (tertiary/aromatic N) is 1. The zero-order chi connectivity index (χ0) is 19.6. The summed E-state index contributed by atoms with van der Waals surface area (Å²) < 4.78 is 5.46. The first-order chi connectivity index (χ1) is 12.9. The molecular weight excluding hydrogens is 436 g/mol. The van der Waals surface area contributed by atoms with E-state index >= 15 is 0 Å². The molecule has 1 fully saturated rings. The van der Waals surface area contributed by atoms with Gasteiger partial charge in [-0.2, -0.15) is 0 Å². The number of ether oxygens (including phenoxy) is 1. The summed E-state index contributed by atoms with van der Waals surface area (Å²) in [5.74, 6) is -1.50. The van der Waals surface area contributed by atoms with Crippen LogP contribution in [0.5, 0.6) is 0 Å². The van der Waals surface area contributed by atoms with Crippen molar-refractivity contribution >= 4 is 56.7 Å². The number of para-hydroxylation sites is 1. The molecule has 0 aliphatic carbocycles. The SMILES string of the molecule is COC(=O)c1cc(NC(=O)C2CC(=O)N(c3ccccc3Br)C2)ccc1Cl. The molecule has 140 valence electrons. The Balaban J connectivity index is 1.73. The van der Waals surface area contributed by atoms with E-state index in [0.717, 1.165) is 10.2 Å². The summed E-state index contributed by atoms with van der Waals surface area (Å²) in [6, 6.07) is 11.9. The van der Waals surface area contributed by atoms with Gasteiger partial charge in [0.2, 0.25) is 11.8 Å². The van der Waals surface area contributed by atoms with E-state index in [4.69, 9.17) is 11.6 Å². The lowest BCUT2D eigenvalue weighted by Crippen LogP contribution is -2.28. The third-order valence-corrected chi connectivity index (χ3v) is 5.28. The maximum atomic E-state index is 12.6. The number of rotatable bonds is 4. The molecule has 0 saturated carbocycles. The molecule has 2 aromatic carbocycles. The molecule has 1 aliphatic rings. The van der Waals surface area contributed by atoms with Gasteiger partial charge in [-0.15, -0.1) is 0 Å². The number of anilines is 2. The van der Waals surface area contributed by atoms with Crippen LogP contribution < -0.4 is 10.2 Å². The molecule has 1 saturated heterocycles. The van der Waals surface area contributed by atoms with Crippen molar-refractivity contribution in [2.45, 2.75) is 6.42 Å². The van der Waals surface area contributed by atoms with Gasteiger partial charge in [-0.1, -0.05) is 23.7 Å². The summed E-state index contributed by atoms with van der Waals surface area (Å²) in [7, 11) is 1.25. The Bertz CT molecular complexity index is 918. The van der Waals surface area contributed by atoms with Gasteiger partial charge in [0.15, 0.2) is 0 Å². The lowest BCUT2D eigenvalue weighted by molar-refractivity contribution is -0.122. The maximum Gasteiger partial charge on any atom is 0.339 e. The number of methoxy groups -OCH3 is 1. The number of hydrogen-bond acceptors (Lipinski definition) is 4. The number of amides is 2. The Kier molecular flexibility index (Phi) is 5.82. The maximum absolute atomic E-state index is 12.6. The highest BCUT2D eigenvalue weighted by atomic mass is 79.9. The molecule has 1 N–H and O–H groups in total. The van der Waals surface area contributed by atoms with Gasteiger partial charge in [-0.25, -0.2) is 4.79 Å². The topological polar surface area (TPSA) is 75.7 Å². The van der Waals surface area contributed by atoms with Crippen LogP contribution in [0.25, 0.3) is 0 Å². The summed E-state index contributed by atoms with van der Waals surface area (Å²) >= 11 is 9.41. The average molecular weight is 452 g/mol. The minimum atomic E-state index is -0.591. The Morgan fingerprint density at radius 1 is 1.26 bits per heavy atom. The lowest BCUT2D eigenvalue weighted by atomic mass is 10.1. The molecule has 2 aromatic rings. The van der Waals surface area contributed by atoms with E-state index in [0.29, 0.717) is 5.69 Å². The van der Waals surface area contributed by atoms with E-state index in [1.807, 2.05) is 24.3 Å². The normalized spacial score (nSPS) is 16.3. The molecule has 3 rings (SSSR count). The van der Waals surface area contributed by atoms with E-state index in [2.05, 4.69) is 26.0 Å². The minimum Gasteiger partial charge on any atom is -0.465 e. The number of carbonyl (C=O) groups is 3. The van der Waals surface area contributed by atoms with E-state index in [-0.39, 0.29) is 35.4 Å². The van der Waals surface area contributed by atoms with E-state index < -0.39 is 11.9 Å². The summed E-state index contributed by atoms with van der Waals surface area (Å²) in [4.78, 5) is 38.3. The third kappa shape index (κ3) is 4.14. The summed E-state index contributed by atoms with van der Waals surface area (Å²) in [6.45, 7) is 0.282. The van der Waals surface area contributed by atoms with Gasteiger partial charge in [-0.3, -0.25) is 9.59 Å². The molecule has 0 radical (unpaired) electrons. The van der Waals surface area contributed by atoms with Crippen LogP contribution in [0.2, 0.25) is 5.02 Å². The predicted molar refractivity (Wildman–Crippen MR) is 106 cm³/mol. The van der Waals surface area contributed by atoms with Crippen LogP contribution in [0.4, 0.5) is 11.4 Å². The predicted octanol–water partition coefficient (Wildman–Crippen LogP) is 3.88. The first-order valence-corrected chi connectivity index (χ1v) is 9.31. The average Bonchev–Trinajstić information content (AvgIpc) is 3.04. The van der Waals surface area contributed by atoms with Gasteiger partial charge in [0.25, 0.3) is 0 Å². The molecule has 1 unspecified atom stereocenters. The van der Waals surface area contributed by atoms with Gasteiger partial charge >= 0.3 is 5.97 Å². The summed E-state index contributed by atoms with van der Waals surface area (Å²) in [5, 5.41) is 2.97. The summed E-state index contributed by atoms with van der Waals surface area (Å²) in [6.07, 6.45) is 0.116. The Morgan fingerprint density at radius 3 is 2.70 bits per heavy atom. The standard InChI is InChI=1S/C19H16BrClN2O4/c1-27-19(26)13-9-12(6-7-15(13)21)22-18(25)11-8-17(24)23(10-11)16-5-3-2-4-14(16)20/h2-7,9,11H,8,10H2,1H3,(H,22,25). The van der Waals surface area contributed by atoms with E-state index in [1.165, 1.54) is 19.2 Å². The zero-order valence-electron chi connectivity index (χ0n) is 14.4. The second-order valence-electron chi connectivity index (χ2n) is 6.03. The molecule has 0 spiro atoms. The Hall–Kier alpha value is -2.38. The number of carbonyl (C=O) groups excluding carboxylic acids is 3. The number of halogens is 2. The fourth-order valence-electron chi connectivity index (χ4n) is 2.90. The number of esters is 1. The van der Waals surface area contributed by atoms with Crippen LogP contribution in [0.1, 0.15) is 16.8 Å². The van der Waals surface area contributed by atoms with Gasteiger partial charge in [0.05, 0.1) is 29.3 Å². The highest BCUT2D eigenvalue weighted by molar-refractivity contribution is 9.10. The smallest absolute Gasteiger partial charge is 0.339 e. The van der Waals surface area contributed by atoms with Crippen molar-refractivity contribution in [3.63, 3.8) is 0 Å². The van der Waals surface area contributed by atoms with Crippen LogP contribution in [0.15, 0.2) is 46.9 Å². The molecule has 1 heterocycles. The molecule has 0 aromatic heterocycles. The van der Waals surface area contributed by atoms with Crippen molar-refractivity contribution in [2.75, 3.05) is 23.9 Å². The van der Waals surface area contributed by atoms with Crippen molar-refractivity contribution in [3.8, 4) is 0 Å². The molecule has 1 aliphatic heterocycles. The highest BCUT2D eigenvalue weighted by Crippen LogP contribution is 2.32. The third-order valence-electron chi connectivity index (χ3n) is 4.28. The monoisotopic (exact) mass is 450 g/mol. The number of hydrogen-bond donors (Lipinski definition) is 1. The van der Waals surface area contributed by atoms with Crippen molar-refractivity contribution < 1.29 is 19.1 Å². The molecular formula is C19H16BrClN2O4. The second-order valence-corrected chi connectivity index (χ2v) is 7.29. The van der Waals surface area contributed by atoms with Crippen LogP contribution in [0, 0.1) is 5.92 Å². The van der Waals surface area contributed by atoms with Crippen molar-refractivity contribution in [3.05, 3.63) is 57.5 Å². The first-order valence-electron chi connectivity index (χ1n) is 8.14. The zero-order valence-corrected chi connectivity index (χ0v) is 16.7. The molecule has 0 bridgehead atoms. The van der Waals surface area contributed by atoms with Crippen LogP contribution in [-0.2, 0) is 14.3 Å². The van der Waals surface area contributed by atoms with Gasteiger partial charge in [0.1, 0.15) is 0 Å².